The zero-order valence-corrected chi connectivity index (χ0v) is 8.39. The van der Waals surface area contributed by atoms with Crippen LogP contribution in [-0.4, -0.2) is 0 Å². The van der Waals surface area contributed by atoms with Gasteiger partial charge in [-0.1, -0.05) is 54.6 Å². The maximum atomic E-state index is 2.27. The zero-order valence-electron chi connectivity index (χ0n) is 8.39. The van der Waals surface area contributed by atoms with Crippen molar-refractivity contribution in [2.75, 3.05) is 0 Å². The van der Waals surface area contributed by atoms with Crippen LogP contribution in [0.4, 0.5) is 0 Å². The van der Waals surface area contributed by atoms with Crippen LogP contribution in [0, 0.1) is 5.92 Å². The SMILES string of the molecule is C1=CCC(Cc2ccccc2)CC=C1. The third-order valence-corrected chi connectivity index (χ3v) is 2.69. The van der Waals surface area contributed by atoms with Gasteiger partial charge in [0, 0.05) is 0 Å². The number of hydrogen-bond acceptors (Lipinski definition) is 0. The Hall–Kier alpha value is -1.30. The van der Waals surface area contributed by atoms with Gasteiger partial charge in [-0.05, 0) is 30.7 Å². The smallest absolute Gasteiger partial charge is 0.0244 e. The molecule has 0 bridgehead atoms. The van der Waals surface area contributed by atoms with Gasteiger partial charge in [0.25, 0.3) is 0 Å². The molecule has 0 heterocycles. The second kappa shape index (κ2) is 4.80. The maximum absolute atomic E-state index is 2.27. The molecule has 0 amide bonds. The van der Waals surface area contributed by atoms with E-state index >= 15 is 0 Å². The molecule has 72 valence electrons. The van der Waals surface area contributed by atoms with E-state index in [4.69, 9.17) is 0 Å². The molecule has 1 aliphatic rings. The maximum Gasteiger partial charge on any atom is -0.0244 e. The quantitative estimate of drug-likeness (QED) is 0.656. The van der Waals surface area contributed by atoms with Gasteiger partial charge in [0.2, 0.25) is 0 Å². The Kier molecular flexibility index (Phi) is 3.18. The Morgan fingerprint density at radius 3 is 2.21 bits per heavy atom. The Bertz CT molecular complexity index is 305. The van der Waals surface area contributed by atoms with E-state index in [9.17, 15) is 0 Å². The van der Waals surface area contributed by atoms with Crippen molar-refractivity contribution in [3.05, 3.63) is 60.2 Å². The van der Waals surface area contributed by atoms with Gasteiger partial charge in [0.1, 0.15) is 0 Å². The largest absolute Gasteiger partial charge is 0.0842 e. The van der Waals surface area contributed by atoms with Crippen molar-refractivity contribution in [1.29, 1.82) is 0 Å². The van der Waals surface area contributed by atoms with Crippen LogP contribution in [-0.2, 0) is 6.42 Å². The number of rotatable bonds is 2. The molecule has 1 aliphatic carbocycles. The van der Waals surface area contributed by atoms with E-state index in [2.05, 4.69) is 54.6 Å². The summed E-state index contributed by atoms with van der Waals surface area (Å²) < 4.78 is 0. The van der Waals surface area contributed by atoms with Crippen molar-refractivity contribution in [3.8, 4) is 0 Å². The topological polar surface area (TPSA) is 0 Å². The van der Waals surface area contributed by atoms with Gasteiger partial charge in [-0.2, -0.15) is 0 Å². The summed E-state index contributed by atoms with van der Waals surface area (Å²) in [5, 5.41) is 0. The van der Waals surface area contributed by atoms with Crippen molar-refractivity contribution in [1.82, 2.24) is 0 Å². The van der Waals surface area contributed by atoms with Crippen molar-refractivity contribution in [3.63, 3.8) is 0 Å². The van der Waals surface area contributed by atoms with Gasteiger partial charge in [-0.3, -0.25) is 0 Å². The molecule has 0 saturated heterocycles. The lowest BCUT2D eigenvalue weighted by Crippen LogP contribution is -2.01. The highest BCUT2D eigenvalue weighted by atomic mass is 14.1. The molecule has 1 aromatic carbocycles. The third-order valence-electron chi connectivity index (χ3n) is 2.69. The highest BCUT2D eigenvalue weighted by Gasteiger charge is 2.07. The average Bonchev–Trinajstić information content (AvgIpc) is 2.48. The van der Waals surface area contributed by atoms with E-state index in [1.54, 1.807) is 0 Å². The fourth-order valence-electron chi connectivity index (χ4n) is 1.91. The Labute approximate surface area is 86.0 Å². The van der Waals surface area contributed by atoms with Crippen LogP contribution in [0.3, 0.4) is 0 Å². The second-order valence-corrected chi connectivity index (χ2v) is 3.88. The first-order valence-electron chi connectivity index (χ1n) is 5.31. The predicted octanol–water partition coefficient (Wildman–Crippen LogP) is 3.75. The molecular weight excluding hydrogens is 168 g/mol. The van der Waals surface area contributed by atoms with Gasteiger partial charge in [-0.25, -0.2) is 0 Å². The summed E-state index contributed by atoms with van der Waals surface area (Å²) in [7, 11) is 0. The van der Waals surface area contributed by atoms with E-state index in [1.165, 1.54) is 24.8 Å². The summed E-state index contributed by atoms with van der Waals surface area (Å²) >= 11 is 0. The van der Waals surface area contributed by atoms with E-state index in [-0.39, 0.29) is 0 Å². The molecule has 0 spiro atoms. The van der Waals surface area contributed by atoms with Gasteiger partial charge < -0.3 is 0 Å². The number of allylic oxidation sites excluding steroid dienone is 4. The standard InChI is InChI=1S/C14H16/c1-2-5-9-13(8-4-1)12-14-10-6-3-7-11-14/h1-7,10-11,13H,8-9,12H2. The molecule has 0 aromatic heterocycles. The minimum absolute atomic E-state index is 0.785. The molecule has 2 rings (SSSR count). The van der Waals surface area contributed by atoms with E-state index in [0.29, 0.717) is 0 Å². The number of benzene rings is 1. The molecule has 1 aromatic rings. The fraction of sp³-hybridized carbons (Fsp3) is 0.286. The predicted molar refractivity (Wildman–Crippen MR) is 61.2 cm³/mol. The van der Waals surface area contributed by atoms with Crippen LogP contribution < -0.4 is 0 Å². The van der Waals surface area contributed by atoms with Crippen LogP contribution in [0.2, 0.25) is 0 Å². The van der Waals surface area contributed by atoms with Crippen LogP contribution in [0.1, 0.15) is 18.4 Å². The van der Waals surface area contributed by atoms with Crippen LogP contribution >= 0.6 is 0 Å². The Balaban J connectivity index is 1.97. The molecular formula is C14H16. The van der Waals surface area contributed by atoms with Crippen molar-refractivity contribution in [2.45, 2.75) is 19.3 Å². The summed E-state index contributed by atoms with van der Waals surface area (Å²) in [5.74, 6) is 0.785. The zero-order chi connectivity index (χ0) is 9.64. The fourth-order valence-corrected chi connectivity index (χ4v) is 1.91. The first-order valence-corrected chi connectivity index (χ1v) is 5.31. The Morgan fingerprint density at radius 2 is 1.57 bits per heavy atom. The molecule has 0 heteroatoms. The summed E-state index contributed by atoms with van der Waals surface area (Å²) in [4.78, 5) is 0. The first kappa shape index (κ1) is 9.26. The van der Waals surface area contributed by atoms with Gasteiger partial charge in [0.05, 0.1) is 0 Å². The summed E-state index contributed by atoms with van der Waals surface area (Å²) in [6, 6.07) is 10.8. The Morgan fingerprint density at radius 1 is 0.929 bits per heavy atom. The van der Waals surface area contributed by atoms with Crippen LogP contribution in [0.5, 0.6) is 0 Å². The second-order valence-electron chi connectivity index (χ2n) is 3.88. The minimum atomic E-state index is 0.785. The average molecular weight is 184 g/mol. The highest BCUT2D eigenvalue weighted by molar-refractivity contribution is 5.16. The van der Waals surface area contributed by atoms with Gasteiger partial charge >= 0.3 is 0 Å². The molecule has 0 saturated carbocycles. The summed E-state index contributed by atoms with van der Waals surface area (Å²) in [5.41, 5.74) is 1.46. The molecule has 0 N–H and O–H groups in total. The van der Waals surface area contributed by atoms with Crippen molar-refractivity contribution < 1.29 is 0 Å². The van der Waals surface area contributed by atoms with E-state index in [1.807, 2.05) is 0 Å². The van der Waals surface area contributed by atoms with Crippen LogP contribution in [0.15, 0.2) is 54.6 Å². The van der Waals surface area contributed by atoms with Gasteiger partial charge in [0.15, 0.2) is 0 Å². The lowest BCUT2D eigenvalue weighted by atomic mass is 9.94. The van der Waals surface area contributed by atoms with Crippen molar-refractivity contribution in [2.24, 2.45) is 5.92 Å². The molecule has 0 fully saturated rings. The van der Waals surface area contributed by atoms with E-state index < -0.39 is 0 Å². The molecule has 0 unspecified atom stereocenters. The monoisotopic (exact) mass is 184 g/mol. The molecule has 0 aliphatic heterocycles. The highest BCUT2D eigenvalue weighted by Crippen LogP contribution is 2.19. The van der Waals surface area contributed by atoms with E-state index in [0.717, 1.165) is 5.92 Å². The summed E-state index contributed by atoms with van der Waals surface area (Å²) in [6.07, 6.45) is 12.5. The van der Waals surface area contributed by atoms with Gasteiger partial charge in [-0.15, -0.1) is 0 Å². The number of hydrogen-bond donors (Lipinski definition) is 0. The third kappa shape index (κ3) is 2.59. The normalized spacial score (nSPS) is 16.9. The molecule has 0 atom stereocenters. The lowest BCUT2D eigenvalue weighted by molar-refractivity contribution is 0.542. The minimum Gasteiger partial charge on any atom is -0.0842 e. The van der Waals surface area contributed by atoms with Crippen LogP contribution in [0.25, 0.3) is 0 Å². The first-order chi connectivity index (χ1) is 6.95. The summed E-state index contributed by atoms with van der Waals surface area (Å²) in [6.45, 7) is 0. The van der Waals surface area contributed by atoms with Crippen molar-refractivity contribution >= 4 is 0 Å². The molecule has 14 heavy (non-hydrogen) atoms. The molecule has 0 nitrogen and oxygen atoms in total. The lowest BCUT2D eigenvalue weighted by Gasteiger charge is -2.11. The molecule has 0 radical (unpaired) electrons.